The molecular weight excluding hydrogens is 534 g/mol. The van der Waals surface area contributed by atoms with Gasteiger partial charge in [0.15, 0.2) is 0 Å². The third kappa shape index (κ3) is 5.04. The van der Waals surface area contributed by atoms with Gasteiger partial charge in [-0.2, -0.15) is 5.26 Å². The van der Waals surface area contributed by atoms with Crippen LogP contribution in [0.2, 0.25) is 0 Å². The number of nitrogens with zero attached hydrogens (tertiary/aromatic N) is 3. The standard InChI is InChI=1S/C41H31N3/c1-29-30(2)43(36-10-4-3-5-11-36)41-25-18-32(26-40(29)41)13-12-31-14-20-37(21-15-31)44(38-22-16-33(28-42)17-23-38)39-24-19-34-8-6-7-9-35(34)27-39/h3-27H,1-2H3. The van der Waals surface area contributed by atoms with E-state index in [0.717, 1.165) is 22.6 Å². The molecule has 44 heavy (non-hydrogen) atoms. The van der Waals surface area contributed by atoms with Gasteiger partial charge in [0.2, 0.25) is 0 Å². The maximum Gasteiger partial charge on any atom is 0.0991 e. The molecule has 0 amide bonds. The second-order valence-corrected chi connectivity index (χ2v) is 11.1. The number of para-hydroxylation sites is 1. The molecule has 0 aliphatic carbocycles. The predicted octanol–water partition coefficient (Wildman–Crippen LogP) is 10.9. The van der Waals surface area contributed by atoms with Crippen LogP contribution >= 0.6 is 0 Å². The minimum atomic E-state index is 0.646. The van der Waals surface area contributed by atoms with Crippen molar-refractivity contribution in [3.63, 3.8) is 0 Å². The lowest BCUT2D eigenvalue weighted by Crippen LogP contribution is -2.09. The van der Waals surface area contributed by atoms with Crippen molar-refractivity contribution in [2.75, 3.05) is 4.90 Å². The Morgan fingerprint density at radius 3 is 1.93 bits per heavy atom. The molecule has 7 aromatic rings. The first kappa shape index (κ1) is 27.0. The molecule has 3 nitrogen and oxygen atoms in total. The Hall–Kier alpha value is -5.85. The van der Waals surface area contributed by atoms with Crippen LogP contribution in [0, 0.1) is 25.2 Å². The largest absolute Gasteiger partial charge is 0.314 e. The second-order valence-electron chi connectivity index (χ2n) is 11.1. The predicted molar refractivity (Wildman–Crippen MR) is 185 cm³/mol. The summed E-state index contributed by atoms with van der Waals surface area (Å²) in [6, 6.07) is 50.8. The van der Waals surface area contributed by atoms with E-state index in [0.29, 0.717) is 5.56 Å². The highest BCUT2D eigenvalue weighted by atomic mass is 15.1. The van der Waals surface area contributed by atoms with Crippen molar-refractivity contribution in [2.24, 2.45) is 0 Å². The summed E-state index contributed by atoms with van der Waals surface area (Å²) in [6.45, 7) is 4.40. The number of benzene rings is 6. The van der Waals surface area contributed by atoms with Crippen molar-refractivity contribution < 1.29 is 0 Å². The molecule has 6 aromatic carbocycles. The Morgan fingerprint density at radius 1 is 0.591 bits per heavy atom. The molecule has 0 unspecified atom stereocenters. The molecule has 0 saturated heterocycles. The molecule has 210 valence electrons. The SMILES string of the molecule is Cc1c(C)n(-c2ccccc2)c2ccc(C=Cc3ccc(N(c4ccc(C#N)cc4)c4ccc5ccccc5c4)cc3)cc12. The fourth-order valence-corrected chi connectivity index (χ4v) is 5.98. The lowest BCUT2D eigenvalue weighted by Gasteiger charge is -2.26. The van der Waals surface area contributed by atoms with Gasteiger partial charge in [-0.15, -0.1) is 0 Å². The van der Waals surface area contributed by atoms with E-state index in [1.807, 2.05) is 24.3 Å². The van der Waals surface area contributed by atoms with E-state index in [1.54, 1.807) is 0 Å². The van der Waals surface area contributed by atoms with Gasteiger partial charge in [-0.3, -0.25) is 0 Å². The van der Waals surface area contributed by atoms with Crippen molar-refractivity contribution in [3.8, 4) is 11.8 Å². The van der Waals surface area contributed by atoms with Crippen LogP contribution in [0.15, 0.2) is 140 Å². The highest BCUT2D eigenvalue weighted by Gasteiger charge is 2.14. The minimum Gasteiger partial charge on any atom is -0.314 e. The molecule has 0 aliphatic heterocycles. The summed E-state index contributed by atoms with van der Waals surface area (Å²) in [5.74, 6) is 0. The molecule has 0 N–H and O–H groups in total. The monoisotopic (exact) mass is 565 g/mol. The summed E-state index contributed by atoms with van der Waals surface area (Å²) in [5, 5.41) is 13.0. The van der Waals surface area contributed by atoms with Crippen LogP contribution in [0.4, 0.5) is 17.1 Å². The topological polar surface area (TPSA) is 32.0 Å². The Bertz CT molecular complexity index is 2180. The molecule has 1 heterocycles. The fraction of sp³-hybridized carbons (Fsp3) is 0.0488. The number of nitriles is 1. The number of hydrogen-bond donors (Lipinski definition) is 0. The van der Waals surface area contributed by atoms with Gasteiger partial charge in [-0.1, -0.05) is 78.9 Å². The molecule has 0 saturated carbocycles. The van der Waals surface area contributed by atoms with Gasteiger partial charge in [0.25, 0.3) is 0 Å². The summed E-state index contributed by atoms with van der Waals surface area (Å²) >= 11 is 0. The number of rotatable bonds is 6. The highest BCUT2D eigenvalue weighted by Crippen LogP contribution is 2.36. The molecule has 3 heteroatoms. The first-order valence-corrected chi connectivity index (χ1v) is 14.8. The molecule has 0 fully saturated rings. The van der Waals surface area contributed by atoms with Crippen LogP contribution in [-0.4, -0.2) is 4.57 Å². The second kappa shape index (κ2) is 11.4. The maximum absolute atomic E-state index is 9.34. The van der Waals surface area contributed by atoms with Gasteiger partial charge in [0.05, 0.1) is 17.1 Å². The van der Waals surface area contributed by atoms with E-state index in [9.17, 15) is 5.26 Å². The van der Waals surface area contributed by atoms with Crippen molar-refractivity contribution in [1.29, 1.82) is 5.26 Å². The molecule has 0 bridgehead atoms. The zero-order valence-electron chi connectivity index (χ0n) is 24.8. The van der Waals surface area contributed by atoms with Gasteiger partial charge >= 0.3 is 0 Å². The van der Waals surface area contributed by atoms with Crippen LogP contribution < -0.4 is 4.90 Å². The van der Waals surface area contributed by atoms with Crippen LogP contribution in [0.5, 0.6) is 0 Å². The Morgan fingerprint density at radius 2 is 1.20 bits per heavy atom. The number of fused-ring (bicyclic) bond motifs is 2. The summed E-state index contributed by atoms with van der Waals surface area (Å²) in [6.07, 6.45) is 4.36. The first-order chi connectivity index (χ1) is 21.6. The first-order valence-electron chi connectivity index (χ1n) is 14.8. The van der Waals surface area contributed by atoms with Crippen LogP contribution in [0.1, 0.15) is 27.9 Å². The lowest BCUT2D eigenvalue weighted by molar-refractivity contribution is 1.04. The molecule has 0 aliphatic rings. The fourth-order valence-electron chi connectivity index (χ4n) is 5.98. The number of anilines is 3. The number of hydrogen-bond acceptors (Lipinski definition) is 2. The lowest BCUT2D eigenvalue weighted by atomic mass is 10.1. The number of aryl methyl sites for hydroxylation is 1. The summed E-state index contributed by atoms with van der Waals surface area (Å²) in [5.41, 5.74) is 11.1. The maximum atomic E-state index is 9.34. The van der Waals surface area contributed by atoms with E-state index in [-0.39, 0.29) is 0 Å². The molecule has 7 rings (SSSR count). The zero-order valence-corrected chi connectivity index (χ0v) is 24.8. The third-order valence-electron chi connectivity index (χ3n) is 8.42. The van der Waals surface area contributed by atoms with Gasteiger partial charge in [-0.05, 0) is 114 Å². The Kier molecular flexibility index (Phi) is 7.02. The van der Waals surface area contributed by atoms with E-state index in [4.69, 9.17) is 0 Å². The van der Waals surface area contributed by atoms with E-state index < -0.39 is 0 Å². The minimum absolute atomic E-state index is 0.646. The van der Waals surface area contributed by atoms with Crippen LogP contribution in [0.3, 0.4) is 0 Å². The van der Waals surface area contributed by atoms with Gasteiger partial charge in [0.1, 0.15) is 0 Å². The molecule has 0 radical (unpaired) electrons. The summed E-state index contributed by atoms with van der Waals surface area (Å²) < 4.78 is 2.34. The quantitative estimate of drug-likeness (QED) is 0.188. The Labute approximate surface area is 258 Å². The van der Waals surface area contributed by atoms with E-state index in [2.05, 4.69) is 157 Å². The Balaban J connectivity index is 1.20. The highest BCUT2D eigenvalue weighted by molar-refractivity contribution is 5.91. The van der Waals surface area contributed by atoms with Crippen molar-refractivity contribution in [1.82, 2.24) is 4.57 Å². The van der Waals surface area contributed by atoms with E-state index >= 15 is 0 Å². The molecule has 0 spiro atoms. The third-order valence-corrected chi connectivity index (χ3v) is 8.42. The van der Waals surface area contributed by atoms with Crippen molar-refractivity contribution in [3.05, 3.63) is 167 Å². The van der Waals surface area contributed by atoms with E-state index in [1.165, 1.54) is 44.2 Å². The zero-order chi connectivity index (χ0) is 30.0. The average molecular weight is 566 g/mol. The molecule has 1 aromatic heterocycles. The van der Waals surface area contributed by atoms with Crippen molar-refractivity contribution >= 4 is 50.9 Å². The van der Waals surface area contributed by atoms with Gasteiger partial charge < -0.3 is 9.47 Å². The smallest absolute Gasteiger partial charge is 0.0991 e. The molecule has 0 atom stereocenters. The summed E-state index contributed by atoms with van der Waals surface area (Å²) in [4.78, 5) is 2.23. The van der Waals surface area contributed by atoms with Crippen molar-refractivity contribution in [2.45, 2.75) is 13.8 Å². The average Bonchev–Trinajstić information content (AvgIpc) is 3.33. The number of aromatic nitrogens is 1. The normalized spacial score (nSPS) is 11.3. The molecular formula is C41H31N3. The summed E-state index contributed by atoms with van der Waals surface area (Å²) in [7, 11) is 0. The van der Waals surface area contributed by atoms with Gasteiger partial charge in [-0.25, -0.2) is 0 Å². The van der Waals surface area contributed by atoms with Crippen LogP contribution in [0.25, 0.3) is 39.5 Å². The van der Waals surface area contributed by atoms with Crippen LogP contribution in [-0.2, 0) is 0 Å². The van der Waals surface area contributed by atoms with Gasteiger partial charge in [0, 0.05) is 33.8 Å².